The smallest absolute Gasteiger partial charge is 0.417 e. The number of benzene rings is 2. The van der Waals surface area contributed by atoms with Gasteiger partial charge in [0.15, 0.2) is 5.58 Å². The summed E-state index contributed by atoms with van der Waals surface area (Å²) < 4.78 is 10.3. The summed E-state index contributed by atoms with van der Waals surface area (Å²) in [6.07, 6.45) is 2.17. The van der Waals surface area contributed by atoms with Crippen LogP contribution >= 0.6 is 0 Å². The second-order valence-corrected chi connectivity index (χ2v) is 5.69. The molecule has 0 saturated carbocycles. The molecular formula is C19H18N2O4. The van der Waals surface area contributed by atoms with Gasteiger partial charge in [0.1, 0.15) is 5.75 Å². The van der Waals surface area contributed by atoms with Gasteiger partial charge in [-0.2, -0.15) is 0 Å². The number of carbonyl (C=O) groups excluding carboxylic acids is 1. The Morgan fingerprint density at radius 2 is 2.08 bits per heavy atom. The molecule has 0 spiro atoms. The highest BCUT2D eigenvalue weighted by Gasteiger charge is 2.06. The maximum atomic E-state index is 12.2. The van der Waals surface area contributed by atoms with E-state index in [1.54, 1.807) is 31.4 Å². The van der Waals surface area contributed by atoms with Gasteiger partial charge in [-0.1, -0.05) is 23.8 Å². The number of oxazole rings is 1. The molecule has 1 heterocycles. The van der Waals surface area contributed by atoms with Crippen molar-refractivity contribution in [1.82, 2.24) is 4.98 Å². The minimum absolute atomic E-state index is 0.238. The normalized spacial score (nSPS) is 11.5. The molecule has 128 valence electrons. The van der Waals surface area contributed by atoms with Crippen molar-refractivity contribution in [2.45, 2.75) is 13.3 Å². The molecule has 25 heavy (non-hydrogen) atoms. The van der Waals surface area contributed by atoms with E-state index in [0.29, 0.717) is 23.2 Å². The van der Waals surface area contributed by atoms with E-state index in [2.05, 4.69) is 10.3 Å². The third kappa shape index (κ3) is 3.98. The number of hydrogen-bond donors (Lipinski definition) is 2. The van der Waals surface area contributed by atoms with Crippen LogP contribution in [0.15, 0.2) is 63.3 Å². The zero-order chi connectivity index (χ0) is 17.8. The molecule has 3 rings (SSSR count). The van der Waals surface area contributed by atoms with Crippen molar-refractivity contribution < 1.29 is 13.9 Å². The van der Waals surface area contributed by atoms with E-state index in [9.17, 15) is 9.59 Å². The number of aromatic amines is 1. The molecule has 0 atom stereocenters. The topological polar surface area (TPSA) is 84.3 Å². The lowest BCUT2D eigenvalue weighted by molar-refractivity contribution is -0.111. The molecule has 3 aromatic rings. The van der Waals surface area contributed by atoms with E-state index in [4.69, 9.17) is 9.15 Å². The van der Waals surface area contributed by atoms with Gasteiger partial charge in [-0.05, 0) is 43.2 Å². The van der Waals surface area contributed by atoms with Crippen molar-refractivity contribution in [3.63, 3.8) is 0 Å². The van der Waals surface area contributed by atoms with Crippen molar-refractivity contribution in [2.24, 2.45) is 0 Å². The second kappa shape index (κ2) is 7.09. The summed E-state index contributed by atoms with van der Waals surface area (Å²) in [5, 5.41) is 2.78. The van der Waals surface area contributed by atoms with Crippen molar-refractivity contribution in [3.05, 3.63) is 70.2 Å². The number of nitrogens with one attached hydrogen (secondary N) is 2. The number of fused-ring (bicyclic) bond motifs is 1. The van der Waals surface area contributed by atoms with Gasteiger partial charge in [-0.15, -0.1) is 0 Å². The van der Waals surface area contributed by atoms with Crippen LogP contribution in [0.25, 0.3) is 11.1 Å². The second-order valence-electron chi connectivity index (χ2n) is 5.69. The van der Waals surface area contributed by atoms with Crippen LogP contribution in [-0.2, 0) is 11.2 Å². The number of amides is 1. The van der Waals surface area contributed by atoms with Gasteiger partial charge in [0.2, 0.25) is 5.91 Å². The minimum atomic E-state index is -0.522. The summed E-state index contributed by atoms with van der Waals surface area (Å²) in [4.78, 5) is 25.9. The van der Waals surface area contributed by atoms with Gasteiger partial charge in [-0.3, -0.25) is 9.78 Å². The van der Waals surface area contributed by atoms with E-state index in [1.165, 1.54) is 0 Å². The summed E-state index contributed by atoms with van der Waals surface area (Å²) in [5.74, 6) is 0.0358. The Labute approximate surface area is 144 Å². The monoisotopic (exact) mass is 338 g/mol. The van der Waals surface area contributed by atoms with Crippen LogP contribution in [0.5, 0.6) is 5.75 Å². The molecule has 2 aromatic carbocycles. The summed E-state index contributed by atoms with van der Waals surface area (Å²) in [5.41, 5.74) is 3.49. The Kier molecular flexibility index (Phi) is 4.70. The van der Waals surface area contributed by atoms with Gasteiger partial charge in [-0.25, -0.2) is 4.79 Å². The van der Waals surface area contributed by atoms with Crippen molar-refractivity contribution in [2.75, 3.05) is 12.4 Å². The number of hydrogen-bond acceptors (Lipinski definition) is 4. The van der Waals surface area contributed by atoms with Crippen LogP contribution in [0, 0.1) is 0 Å². The molecule has 6 nitrogen and oxygen atoms in total. The maximum Gasteiger partial charge on any atom is 0.417 e. The van der Waals surface area contributed by atoms with Gasteiger partial charge < -0.3 is 14.5 Å². The third-order valence-corrected chi connectivity index (χ3v) is 3.73. The van der Waals surface area contributed by atoms with Crippen LogP contribution in [0.4, 0.5) is 5.69 Å². The van der Waals surface area contributed by atoms with E-state index >= 15 is 0 Å². The highest BCUT2D eigenvalue weighted by atomic mass is 16.5. The Morgan fingerprint density at radius 3 is 2.88 bits per heavy atom. The number of rotatable bonds is 5. The first-order chi connectivity index (χ1) is 12.0. The van der Waals surface area contributed by atoms with Crippen molar-refractivity contribution in [3.8, 4) is 5.75 Å². The molecule has 0 saturated heterocycles. The molecule has 1 aromatic heterocycles. The summed E-state index contributed by atoms with van der Waals surface area (Å²) >= 11 is 0. The first kappa shape index (κ1) is 16.6. The molecule has 0 aliphatic rings. The van der Waals surface area contributed by atoms with E-state index in [-0.39, 0.29) is 5.91 Å². The first-order valence-corrected chi connectivity index (χ1v) is 7.78. The van der Waals surface area contributed by atoms with Gasteiger partial charge in [0.25, 0.3) is 0 Å². The number of methoxy groups -OCH3 is 1. The number of anilines is 1. The van der Waals surface area contributed by atoms with Crippen molar-refractivity contribution in [1.29, 1.82) is 0 Å². The summed E-state index contributed by atoms with van der Waals surface area (Å²) in [6.45, 7) is 1.89. The van der Waals surface area contributed by atoms with Gasteiger partial charge in [0, 0.05) is 11.8 Å². The van der Waals surface area contributed by atoms with Gasteiger partial charge >= 0.3 is 5.76 Å². The molecule has 0 bridgehead atoms. The fraction of sp³-hybridized carbons (Fsp3) is 0.158. The van der Waals surface area contributed by atoms with Crippen molar-refractivity contribution >= 4 is 22.7 Å². The van der Waals surface area contributed by atoms with E-state index < -0.39 is 5.76 Å². The fourth-order valence-corrected chi connectivity index (χ4v) is 2.63. The lowest BCUT2D eigenvalue weighted by Gasteiger charge is -2.08. The average Bonchev–Trinajstić information content (AvgIpc) is 2.94. The highest BCUT2D eigenvalue weighted by Crippen LogP contribution is 2.21. The molecule has 0 fully saturated rings. The Hall–Kier alpha value is -3.28. The standard InChI is InChI=1S/C19H18N2O4/c1-12(9-13-5-3-4-6-16(13)24-2)10-18(22)20-14-7-8-17-15(11-14)21-19(23)25-17/h3-8,10-11H,9H2,1-2H3,(H,20,22)(H,21,23)/b12-10-. The fourth-order valence-electron chi connectivity index (χ4n) is 2.63. The SMILES string of the molecule is COc1ccccc1C/C(C)=C\C(=O)Nc1ccc2oc(=O)[nH]c2c1. The average molecular weight is 338 g/mol. The number of para-hydroxylation sites is 1. The molecule has 2 N–H and O–H groups in total. The highest BCUT2D eigenvalue weighted by molar-refractivity contribution is 6.00. The Bertz CT molecular complexity index is 998. The van der Waals surface area contributed by atoms with E-state index in [0.717, 1.165) is 16.9 Å². The number of H-pyrrole nitrogens is 1. The van der Waals surface area contributed by atoms with Crippen LogP contribution in [-0.4, -0.2) is 18.0 Å². The Balaban J connectivity index is 1.71. The molecule has 0 unspecified atom stereocenters. The molecular weight excluding hydrogens is 320 g/mol. The number of aromatic nitrogens is 1. The number of ether oxygens (including phenoxy) is 1. The summed E-state index contributed by atoms with van der Waals surface area (Å²) in [7, 11) is 1.63. The quantitative estimate of drug-likeness (QED) is 0.699. The van der Waals surface area contributed by atoms with Crippen LogP contribution in [0.2, 0.25) is 0 Å². The predicted molar refractivity (Wildman–Crippen MR) is 95.9 cm³/mol. The zero-order valence-electron chi connectivity index (χ0n) is 14.0. The first-order valence-electron chi connectivity index (χ1n) is 7.78. The molecule has 6 heteroatoms. The number of allylic oxidation sites excluding steroid dienone is 1. The largest absolute Gasteiger partial charge is 0.496 e. The molecule has 0 aliphatic carbocycles. The number of carbonyl (C=O) groups is 1. The maximum absolute atomic E-state index is 12.2. The van der Waals surface area contributed by atoms with Crippen LogP contribution < -0.4 is 15.8 Å². The molecule has 0 aliphatic heterocycles. The lowest BCUT2D eigenvalue weighted by atomic mass is 10.0. The summed E-state index contributed by atoms with van der Waals surface area (Å²) in [6, 6.07) is 12.7. The Morgan fingerprint density at radius 1 is 1.28 bits per heavy atom. The molecule has 1 amide bonds. The van der Waals surface area contributed by atoms with E-state index in [1.807, 2.05) is 31.2 Å². The van der Waals surface area contributed by atoms with Crippen LogP contribution in [0.1, 0.15) is 12.5 Å². The van der Waals surface area contributed by atoms with Crippen LogP contribution in [0.3, 0.4) is 0 Å². The molecule has 0 radical (unpaired) electrons. The minimum Gasteiger partial charge on any atom is -0.496 e. The third-order valence-electron chi connectivity index (χ3n) is 3.73. The van der Waals surface area contributed by atoms with Gasteiger partial charge in [0.05, 0.1) is 12.6 Å². The predicted octanol–water partition coefficient (Wildman–Crippen LogP) is 3.26. The zero-order valence-corrected chi connectivity index (χ0v) is 14.0. The lowest BCUT2D eigenvalue weighted by Crippen LogP contribution is -2.09.